The van der Waals surface area contributed by atoms with Crippen molar-refractivity contribution in [2.45, 2.75) is 18.7 Å². The lowest BCUT2D eigenvalue weighted by Crippen LogP contribution is -2.21. The van der Waals surface area contributed by atoms with Gasteiger partial charge in [-0.1, -0.05) is 0 Å². The van der Waals surface area contributed by atoms with Gasteiger partial charge in [0.1, 0.15) is 4.90 Å². The third-order valence-corrected chi connectivity index (χ3v) is 3.58. The summed E-state index contributed by atoms with van der Waals surface area (Å²) in [6, 6.07) is 0. The average Bonchev–Trinajstić information content (AvgIpc) is 2.06. The Hall–Kier alpha value is -0.810. The minimum absolute atomic E-state index is 0.0150. The molecule has 0 amide bonds. The minimum Gasteiger partial charge on any atom is -0.317 e. The molecule has 0 saturated carbocycles. The van der Waals surface area contributed by atoms with Crippen molar-refractivity contribution in [2.24, 2.45) is 7.05 Å². The van der Waals surface area contributed by atoms with Crippen LogP contribution < -0.4 is 5.56 Å². The number of rotatable bonds is 1. The Labute approximate surface area is 86.5 Å². The van der Waals surface area contributed by atoms with E-state index in [4.69, 9.17) is 10.7 Å². The second-order valence-corrected chi connectivity index (χ2v) is 5.63. The number of hydrogen-bond acceptors (Lipinski definition) is 3. The maximum absolute atomic E-state index is 11.4. The van der Waals surface area contributed by atoms with Crippen LogP contribution in [-0.4, -0.2) is 13.0 Å². The first-order chi connectivity index (χ1) is 6.25. The molecule has 0 unspecified atom stereocenters. The van der Waals surface area contributed by atoms with Crippen LogP contribution in [-0.2, 0) is 16.1 Å². The lowest BCUT2D eigenvalue weighted by Gasteiger charge is -2.07. The third-order valence-electron chi connectivity index (χ3n) is 2.15. The molecule has 1 heterocycles. The van der Waals surface area contributed by atoms with Gasteiger partial charge in [0.2, 0.25) is 0 Å². The molecule has 1 aromatic rings. The first-order valence-electron chi connectivity index (χ1n) is 3.86. The molecule has 14 heavy (non-hydrogen) atoms. The monoisotopic (exact) mass is 235 g/mol. The van der Waals surface area contributed by atoms with Crippen molar-refractivity contribution in [3.05, 3.63) is 27.7 Å². The number of pyridine rings is 1. The Kier molecular flexibility index (Phi) is 2.74. The van der Waals surface area contributed by atoms with E-state index in [1.54, 1.807) is 13.8 Å². The molecule has 0 atom stereocenters. The summed E-state index contributed by atoms with van der Waals surface area (Å²) in [5, 5.41) is 0. The van der Waals surface area contributed by atoms with E-state index in [2.05, 4.69) is 0 Å². The molecule has 0 bridgehead atoms. The summed E-state index contributed by atoms with van der Waals surface area (Å²) in [5.41, 5.74) is 0.587. The van der Waals surface area contributed by atoms with Gasteiger partial charge in [-0.15, -0.1) is 0 Å². The molecule has 0 fully saturated rings. The standard InChI is InChI=1S/C8H10ClNO3S/c1-5-6(2)8(11)10(3)4-7(5)14(9,12)13/h4H,1-3H3. The maximum atomic E-state index is 11.4. The van der Waals surface area contributed by atoms with E-state index in [9.17, 15) is 13.2 Å². The molecule has 0 aromatic carbocycles. The smallest absolute Gasteiger partial charge is 0.263 e. The normalized spacial score (nSPS) is 11.7. The van der Waals surface area contributed by atoms with E-state index in [1.807, 2.05) is 0 Å². The van der Waals surface area contributed by atoms with Crippen LogP contribution in [0.4, 0.5) is 0 Å². The summed E-state index contributed by atoms with van der Waals surface area (Å²) in [6.07, 6.45) is 1.23. The zero-order chi connectivity index (χ0) is 11.1. The molecule has 78 valence electrons. The first kappa shape index (κ1) is 11.3. The quantitative estimate of drug-likeness (QED) is 0.681. The number of hydrogen-bond donors (Lipinski definition) is 0. The molecule has 0 aliphatic heterocycles. The van der Waals surface area contributed by atoms with E-state index in [-0.39, 0.29) is 10.5 Å². The Bertz CT molecular complexity index is 530. The average molecular weight is 236 g/mol. The van der Waals surface area contributed by atoms with E-state index in [0.717, 1.165) is 0 Å². The molecular weight excluding hydrogens is 226 g/mol. The highest BCUT2D eigenvalue weighted by Crippen LogP contribution is 2.19. The lowest BCUT2D eigenvalue weighted by atomic mass is 10.2. The van der Waals surface area contributed by atoms with Crippen molar-refractivity contribution < 1.29 is 8.42 Å². The van der Waals surface area contributed by atoms with Gasteiger partial charge in [0.05, 0.1) is 0 Å². The summed E-state index contributed by atoms with van der Waals surface area (Å²) in [6.45, 7) is 3.13. The Morgan fingerprint density at radius 1 is 1.29 bits per heavy atom. The zero-order valence-electron chi connectivity index (χ0n) is 8.04. The molecule has 0 aliphatic carbocycles. The SMILES string of the molecule is Cc1c(S(=O)(=O)Cl)cn(C)c(=O)c1C. The number of aromatic nitrogens is 1. The van der Waals surface area contributed by atoms with Crippen molar-refractivity contribution in [1.82, 2.24) is 4.57 Å². The van der Waals surface area contributed by atoms with E-state index < -0.39 is 9.05 Å². The fourth-order valence-corrected chi connectivity index (χ4v) is 2.46. The highest BCUT2D eigenvalue weighted by atomic mass is 35.7. The molecule has 6 heteroatoms. The maximum Gasteiger partial charge on any atom is 0.263 e. The van der Waals surface area contributed by atoms with Gasteiger partial charge in [-0.2, -0.15) is 0 Å². The summed E-state index contributed by atoms with van der Waals surface area (Å²) < 4.78 is 23.4. The fourth-order valence-electron chi connectivity index (χ4n) is 1.19. The van der Waals surface area contributed by atoms with Gasteiger partial charge in [-0.25, -0.2) is 8.42 Å². The highest BCUT2D eigenvalue weighted by molar-refractivity contribution is 8.13. The summed E-state index contributed by atoms with van der Waals surface area (Å²) >= 11 is 0. The highest BCUT2D eigenvalue weighted by Gasteiger charge is 2.17. The van der Waals surface area contributed by atoms with E-state index >= 15 is 0 Å². The molecule has 0 spiro atoms. The molecule has 1 rings (SSSR count). The second-order valence-electron chi connectivity index (χ2n) is 3.10. The van der Waals surface area contributed by atoms with Crippen LogP contribution in [0.2, 0.25) is 0 Å². The molecule has 0 N–H and O–H groups in total. The van der Waals surface area contributed by atoms with Gasteiger partial charge in [0, 0.05) is 29.5 Å². The van der Waals surface area contributed by atoms with Crippen molar-refractivity contribution >= 4 is 19.7 Å². The molecule has 4 nitrogen and oxygen atoms in total. The van der Waals surface area contributed by atoms with Gasteiger partial charge in [0.15, 0.2) is 0 Å². The van der Waals surface area contributed by atoms with Crippen LogP contribution in [0, 0.1) is 13.8 Å². The predicted octanol–water partition coefficient (Wildman–Crippen LogP) is 0.930. The molecule has 0 aliphatic rings. The van der Waals surface area contributed by atoms with Gasteiger partial charge < -0.3 is 4.57 Å². The molecule has 0 saturated heterocycles. The van der Waals surface area contributed by atoms with Crippen LogP contribution in [0.25, 0.3) is 0 Å². The summed E-state index contributed by atoms with van der Waals surface area (Å²) in [5.74, 6) is 0. The van der Waals surface area contributed by atoms with Crippen molar-refractivity contribution in [1.29, 1.82) is 0 Å². The number of nitrogens with zero attached hydrogens (tertiary/aromatic N) is 1. The van der Waals surface area contributed by atoms with Crippen molar-refractivity contribution in [3.63, 3.8) is 0 Å². The van der Waals surface area contributed by atoms with Crippen molar-refractivity contribution in [3.8, 4) is 0 Å². The van der Waals surface area contributed by atoms with Crippen LogP contribution in [0.3, 0.4) is 0 Å². The summed E-state index contributed by atoms with van der Waals surface area (Å²) in [7, 11) is 2.92. The van der Waals surface area contributed by atoms with Gasteiger partial charge >= 0.3 is 0 Å². The Balaban J connectivity index is 3.75. The third kappa shape index (κ3) is 1.83. The van der Waals surface area contributed by atoms with Crippen LogP contribution in [0.15, 0.2) is 15.9 Å². The van der Waals surface area contributed by atoms with Crippen molar-refractivity contribution in [2.75, 3.05) is 0 Å². The second kappa shape index (κ2) is 3.40. The zero-order valence-corrected chi connectivity index (χ0v) is 9.61. The molecule has 1 aromatic heterocycles. The van der Waals surface area contributed by atoms with Gasteiger partial charge in [-0.3, -0.25) is 4.79 Å². The van der Waals surface area contributed by atoms with Crippen LogP contribution in [0.1, 0.15) is 11.1 Å². The summed E-state index contributed by atoms with van der Waals surface area (Å²) in [4.78, 5) is 11.4. The van der Waals surface area contributed by atoms with Gasteiger partial charge in [0.25, 0.3) is 14.6 Å². The Morgan fingerprint density at radius 3 is 2.21 bits per heavy atom. The number of halogens is 1. The van der Waals surface area contributed by atoms with Gasteiger partial charge in [-0.05, 0) is 19.4 Å². The minimum atomic E-state index is -3.78. The lowest BCUT2D eigenvalue weighted by molar-refractivity contribution is 0.607. The molecular formula is C8H10ClNO3S. The fraction of sp³-hybridized carbons (Fsp3) is 0.375. The topological polar surface area (TPSA) is 56.1 Å². The Morgan fingerprint density at radius 2 is 1.79 bits per heavy atom. The first-order valence-corrected chi connectivity index (χ1v) is 6.17. The van der Waals surface area contributed by atoms with E-state index in [1.165, 1.54) is 17.8 Å². The van der Waals surface area contributed by atoms with Crippen LogP contribution in [0.5, 0.6) is 0 Å². The molecule has 0 radical (unpaired) electrons. The largest absolute Gasteiger partial charge is 0.317 e. The van der Waals surface area contributed by atoms with Crippen LogP contribution >= 0.6 is 10.7 Å². The predicted molar refractivity (Wildman–Crippen MR) is 54.2 cm³/mol. The number of aryl methyl sites for hydroxylation is 1. The van der Waals surface area contributed by atoms with E-state index in [0.29, 0.717) is 11.1 Å².